The van der Waals surface area contributed by atoms with E-state index in [1.165, 1.54) is 0 Å². The van der Waals surface area contributed by atoms with E-state index in [9.17, 15) is 4.79 Å². The molecule has 1 saturated heterocycles. The Morgan fingerprint density at radius 1 is 1.20 bits per heavy atom. The summed E-state index contributed by atoms with van der Waals surface area (Å²) in [6, 6.07) is 9.09. The predicted molar refractivity (Wildman–Crippen MR) is 97.5 cm³/mol. The van der Waals surface area contributed by atoms with Crippen LogP contribution in [-0.2, 0) is 0 Å². The van der Waals surface area contributed by atoms with E-state index in [2.05, 4.69) is 20.4 Å². The maximum Gasteiger partial charge on any atom is 0.250 e. The van der Waals surface area contributed by atoms with Crippen molar-refractivity contribution in [3.05, 3.63) is 35.9 Å². The zero-order chi connectivity index (χ0) is 17.8. The molecule has 132 valence electrons. The topological polar surface area (TPSA) is 93.4 Å². The van der Waals surface area contributed by atoms with Gasteiger partial charge in [0.25, 0.3) is 5.91 Å². The van der Waals surface area contributed by atoms with Crippen molar-refractivity contribution in [2.24, 2.45) is 5.73 Å². The predicted octanol–water partition coefficient (Wildman–Crippen LogP) is 2.71. The number of nitrogens with two attached hydrogens (primary N) is 1. The fourth-order valence-electron chi connectivity index (χ4n) is 2.88. The van der Waals surface area contributed by atoms with E-state index in [1.54, 1.807) is 12.1 Å². The number of hydrogen-bond acceptors (Lipinski definition) is 6. The van der Waals surface area contributed by atoms with Gasteiger partial charge in [0.15, 0.2) is 5.82 Å². The zero-order valence-electron chi connectivity index (χ0n) is 14.5. The van der Waals surface area contributed by atoms with Crippen LogP contribution in [-0.4, -0.2) is 35.3 Å². The molecule has 0 radical (unpaired) electrons. The fourth-order valence-corrected chi connectivity index (χ4v) is 2.88. The lowest BCUT2D eigenvalue weighted by Gasteiger charge is -2.21. The van der Waals surface area contributed by atoms with Crippen LogP contribution in [0.15, 0.2) is 30.3 Å². The van der Waals surface area contributed by atoms with Crippen LogP contribution in [0.1, 0.15) is 37.0 Å². The second-order valence-corrected chi connectivity index (χ2v) is 6.34. The molecule has 3 N–H and O–H groups in total. The van der Waals surface area contributed by atoms with Crippen LogP contribution in [0.4, 0.5) is 17.2 Å². The summed E-state index contributed by atoms with van der Waals surface area (Å²) >= 11 is 0. The van der Waals surface area contributed by atoms with Gasteiger partial charge >= 0.3 is 0 Å². The van der Waals surface area contributed by atoms with E-state index < -0.39 is 5.91 Å². The lowest BCUT2D eigenvalue weighted by molar-refractivity contribution is 0.100. The molecule has 2 heterocycles. The molecule has 0 bridgehead atoms. The third-order valence-corrected chi connectivity index (χ3v) is 3.98. The fraction of sp³-hybridized carbons (Fsp3) is 0.389. The second-order valence-electron chi connectivity index (χ2n) is 6.34. The molecule has 2 aromatic rings. The van der Waals surface area contributed by atoms with Gasteiger partial charge in [0.2, 0.25) is 5.88 Å². The smallest absolute Gasteiger partial charge is 0.250 e. The molecule has 1 aliphatic heterocycles. The number of anilines is 3. The molecule has 7 nitrogen and oxygen atoms in total. The molecule has 7 heteroatoms. The first-order chi connectivity index (χ1) is 12.0. The molecule has 0 saturated carbocycles. The maximum atomic E-state index is 11.7. The Bertz CT molecular complexity index is 740. The molecule has 1 fully saturated rings. The Labute approximate surface area is 147 Å². The number of carbonyl (C=O) groups excluding carboxylic acids is 1. The van der Waals surface area contributed by atoms with E-state index in [4.69, 9.17) is 10.5 Å². The highest BCUT2D eigenvalue weighted by Crippen LogP contribution is 2.29. The van der Waals surface area contributed by atoms with E-state index in [-0.39, 0.29) is 6.10 Å². The highest BCUT2D eigenvalue weighted by Gasteiger charge is 2.19. The SMILES string of the molecule is CC(C)Oc1ccc(Nc2ccc(C(N)=O)c(N3CCCC3)c2)nn1. The molecule has 0 unspecified atom stereocenters. The largest absolute Gasteiger partial charge is 0.474 e. The van der Waals surface area contributed by atoms with Gasteiger partial charge in [-0.15, -0.1) is 10.2 Å². The second kappa shape index (κ2) is 7.38. The van der Waals surface area contributed by atoms with Crippen LogP contribution in [0.2, 0.25) is 0 Å². The van der Waals surface area contributed by atoms with Crippen molar-refractivity contribution in [3.63, 3.8) is 0 Å². The van der Waals surface area contributed by atoms with Crippen LogP contribution < -0.4 is 20.7 Å². The number of amides is 1. The van der Waals surface area contributed by atoms with Crippen LogP contribution in [0, 0.1) is 0 Å². The van der Waals surface area contributed by atoms with Gasteiger partial charge in [0.05, 0.1) is 17.4 Å². The Kier molecular flexibility index (Phi) is 5.02. The number of nitrogens with zero attached hydrogens (tertiary/aromatic N) is 3. The molecule has 0 atom stereocenters. The average molecular weight is 341 g/mol. The summed E-state index contributed by atoms with van der Waals surface area (Å²) in [6.45, 7) is 5.75. The molecule has 1 aromatic carbocycles. The molecule has 1 amide bonds. The Morgan fingerprint density at radius 3 is 2.56 bits per heavy atom. The molecular weight excluding hydrogens is 318 g/mol. The van der Waals surface area contributed by atoms with E-state index in [0.717, 1.165) is 37.3 Å². The summed E-state index contributed by atoms with van der Waals surface area (Å²) in [6.07, 6.45) is 2.30. The summed E-state index contributed by atoms with van der Waals surface area (Å²) in [7, 11) is 0. The Balaban J connectivity index is 1.80. The van der Waals surface area contributed by atoms with Crippen molar-refractivity contribution in [1.82, 2.24) is 10.2 Å². The number of nitrogens with one attached hydrogen (secondary N) is 1. The normalized spacial score (nSPS) is 14.0. The molecule has 0 spiro atoms. The van der Waals surface area contributed by atoms with Crippen molar-refractivity contribution >= 4 is 23.1 Å². The summed E-state index contributed by atoms with van der Waals surface area (Å²) in [5.74, 6) is 0.682. The third kappa shape index (κ3) is 4.17. The highest BCUT2D eigenvalue weighted by atomic mass is 16.5. The monoisotopic (exact) mass is 341 g/mol. The van der Waals surface area contributed by atoms with Gasteiger partial charge < -0.3 is 20.7 Å². The standard InChI is InChI=1S/C18H23N5O2/c1-12(2)25-17-8-7-16(21-22-17)20-13-5-6-14(18(19)24)15(11-13)23-9-3-4-10-23/h5-8,11-12H,3-4,9-10H2,1-2H3,(H2,19,24)(H,20,21). The van der Waals surface area contributed by atoms with Crippen molar-refractivity contribution in [1.29, 1.82) is 0 Å². The van der Waals surface area contributed by atoms with Gasteiger partial charge in [-0.2, -0.15) is 0 Å². The van der Waals surface area contributed by atoms with Gasteiger partial charge in [0, 0.05) is 24.8 Å². The van der Waals surface area contributed by atoms with E-state index >= 15 is 0 Å². The molecule has 25 heavy (non-hydrogen) atoms. The van der Waals surface area contributed by atoms with Crippen molar-refractivity contribution in [3.8, 4) is 5.88 Å². The van der Waals surface area contributed by atoms with Crippen molar-refractivity contribution in [2.75, 3.05) is 23.3 Å². The first-order valence-electron chi connectivity index (χ1n) is 8.49. The van der Waals surface area contributed by atoms with Gasteiger partial charge in [-0.3, -0.25) is 4.79 Å². The minimum absolute atomic E-state index is 0.0532. The Morgan fingerprint density at radius 2 is 1.96 bits per heavy atom. The van der Waals surface area contributed by atoms with Crippen molar-refractivity contribution < 1.29 is 9.53 Å². The average Bonchev–Trinajstić information content (AvgIpc) is 3.10. The zero-order valence-corrected chi connectivity index (χ0v) is 14.5. The van der Waals surface area contributed by atoms with E-state index in [0.29, 0.717) is 17.3 Å². The summed E-state index contributed by atoms with van der Waals surface area (Å²) in [5.41, 5.74) is 7.76. The van der Waals surface area contributed by atoms with Crippen LogP contribution in [0.25, 0.3) is 0 Å². The minimum Gasteiger partial charge on any atom is -0.474 e. The number of aromatic nitrogens is 2. The number of hydrogen-bond donors (Lipinski definition) is 2. The summed E-state index contributed by atoms with van der Waals surface area (Å²) < 4.78 is 5.49. The summed E-state index contributed by atoms with van der Waals surface area (Å²) in [5, 5.41) is 11.4. The minimum atomic E-state index is -0.413. The Hall–Kier alpha value is -2.83. The van der Waals surface area contributed by atoms with E-state index in [1.807, 2.05) is 32.0 Å². The number of rotatable bonds is 6. The molecule has 1 aliphatic rings. The first kappa shape index (κ1) is 17.0. The molecular formula is C18H23N5O2. The van der Waals surface area contributed by atoms with Crippen LogP contribution in [0.3, 0.4) is 0 Å². The highest BCUT2D eigenvalue weighted by molar-refractivity contribution is 5.99. The quantitative estimate of drug-likeness (QED) is 0.839. The van der Waals surface area contributed by atoms with Crippen LogP contribution >= 0.6 is 0 Å². The number of ether oxygens (including phenoxy) is 1. The number of benzene rings is 1. The third-order valence-electron chi connectivity index (χ3n) is 3.98. The molecule has 1 aromatic heterocycles. The molecule has 0 aliphatic carbocycles. The summed E-state index contributed by atoms with van der Waals surface area (Å²) in [4.78, 5) is 13.9. The lowest BCUT2D eigenvalue weighted by Crippen LogP contribution is -2.23. The molecule has 3 rings (SSSR count). The van der Waals surface area contributed by atoms with Gasteiger partial charge in [-0.25, -0.2) is 0 Å². The van der Waals surface area contributed by atoms with Gasteiger partial charge in [0.1, 0.15) is 0 Å². The number of primary amides is 1. The van der Waals surface area contributed by atoms with Crippen molar-refractivity contribution in [2.45, 2.75) is 32.8 Å². The maximum absolute atomic E-state index is 11.7. The number of carbonyl (C=O) groups is 1. The lowest BCUT2D eigenvalue weighted by atomic mass is 10.1. The first-order valence-corrected chi connectivity index (χ1v) is 8.49. The van der Waals surface area contributed by atoms with Crippen LogP contribution in [0.5, 0.6) is 5.88 Å². The van der Waals surface area contributed by atoms with Gasteiger partial charge in [-0.1, -0.05) is 0 Å². The van der Waals surface area contributed by atoms with Gasteiger partial charge in [-0.05, 0) is 51.0 Å².